The number of alkyl halides is 2. The highest BCUT2D eigenvalue weighted by Gasteiger charge is 2.43. The second kappa shape index (κ2) is 8.34. The summed E-state index contributed by atoms with van der Waals surface area (Å²) in [6.07, 6.45) is -0.0393. The fraction of sp³-hybridized carbons (Fsp3) is 0.174. The molecule has 32 heavy (non-hydrogen) atoms. The molecule has 0 bridgehead atoms. The fourth-order valence-corrected chi connectivity index (χ4v) is 4.13. The number of aliphatic hydroxyl groups is 1. The van der Waals surface area contributed by atoms with Gasteiger partial charge in [0.25, 0.3) is 0 Å². The summed E-state index contributed by atoms with van der Waals surface area (Å²) in [6.45, 7) is -3.81. The lowest BCUT2D eigenvalue weighted by Gasteiger charge is -2.27. The minimum atomic E-state index is -3.32. The van der Waals surface area contributed by atoms with E-state index < -0.39 is 46.8 Å². The molecule has 0 aromatic heterocycles. The summed E-state index contributed by atoms with van der Waals surface area (Å²) >= 11 is 6.19. The molecule has 3 aromatic rings. The average molecular weight is 464 g/mol. The van der Waals surface area contributed by atoms with Crippen molar-refractivity contribution >= 4 is 11.6 Å². The largest absolute Gasteiger partial charge is 0.479 e. The molecule has 3 aromatic carbocycles. The third-order valence-corrected chi connectivity index (χ3v) is 5.67. The second-order valence-corrected chi connectivity index (χ2v) is 7.49. The van der Waals surface area contributed by atoms with E-state index in [1.165, 1.54) is 0 Å². The van der Waals surface area contributed by atoms with Gasteiger partial charge in [0.2, 0.25) is 0 Å². The molecule has 0 radical (unpaired) electrons. The van der Waals surface area contributed by atoms with Crippen LogP contribution in [0.25, 0.3) is 11.1 Å². The molecule has 9 heteroatoms. The van der Waals surface area contributed by atoms with Gasteiger partial charge in [-0.25, -0.2) is 8.78 Å². The molecule has 1 aliphatic heterocycles. The number of aliphatic hydroxyl groups excluding tert-OH is 1. The lowest BCUT2D eigenvalue weighted by Crippen LogP contribution is -2.35. The number of hydrogen-bond acceptors (Lipinski definition) is 4. The second-order valence-electron chi connectivity index (χ2n) is 7.11. The SMILES string of the molecule is N#Cc1ccc(OC(F)F)c(F)c1-c1c(Cl)c(F)cc2c1C[C@@](CO)(c1ccccc1)O2. The van der Waals surface area contributed by atoms with Crippen LogP contribution in [-0.2, 0) is 12.0 Å². The molecule has 0 saturated carbocycles. The zero-order chi connectivity index (χ0) is 23.0. The molecule has 1 aliphatic rings. The van der Waals surface area contributed by atoms with E-state index in [0.717, 1.165) is 18.2 Å². The molecular formula is C23H14ClF4NO3. The Balaban J connectivity index is 1.97. The van der Waals surface area contributed by atoms with Crippen LogP contribution in [0.4, 0.5) is 17.6 Å². The van der Waals surface area contributed by atoms with Gasteiger partial charge in [-0.05, 0) is 17.7 Å². The number of hydrogen-bond donors (Lipinski definition) is 1. The Hall–Kier alpha value is -3.28. The van der Waals surface area contributed by atoms with Gasteiger partial charge in [0.1, 0.15) is 11.6 Å². The van der Waals surface area contributed by atoms with Crippen molar-refractivity contribution in [3.8, 4) is 28.7 Å². The minimum Gasteiger partial charge on any atom is -0.479 e. The highest BCUT2D eigenvalue weighted by Crippen LogP contribution is 2.50. The van der Waals surface area contributed by atoms with Gasteiger partial charge in [-0.1, -0.05) is 41.9 Å². The van der Waals surface area contributed by atoms with Crippen LogP contribution in [0.1, 0.15) is 16.7 Å². The van der Waals surface area contributed by atoms with Gasteiger partial charge in [0.15, 0.2) is 17.2 Å². The van der Waals surface area contributed by atoms with Crippen LogP contribution in [0, 0.1) is 23.0 Å². The first-order valence-electron chi connectivity index (χ1n) is 9.35. The lowest BCUT2D eigenvalue weighted by molar-refractivity contribution is -0.0521. The maximum atomic E-state index is 15.3. The van der Waals surface area contributed by atoms with Crippen molar-refractivity contribution in [3.05, 3.63) is 81.9 Å². The number of ether oxygens (including phenoxy) is 2. The van der Waals surface area contributed by atoms with Crippen LogP contribution in [0.2, 0.25) is 5.02 Å². The van der Waals surface area contributed by atoms with E-state index in [2.05, 4.69) is 4.74 Å². The third kappa shape index (κ3) is 3.53. The van der Waals surface area contributed by atoms with Gasteiger partial charge in [0.05, 0.1) is 23.3 Å². The predicted octanol–water partition coefficient (Wildman–Crippen LogP) is 5.58. The number of benzene rings is 3. The molecule has 0 unspecified atom stereocenters. The Labute approximate surface area is 185 Å². The maximum absolute atomic E-state index is 15.3. The molecule has 0 aliphatic carbocycles. The highest BCUT2D eigenvalue weighted by atomic mass is 35.5. The molecule has 0 spiro atoms. The molecule has 164 valence electrons. The van der Waals surface area contributed by atoms with Crippen LogP contribution in [0.5, 0.6) is 11.5 Å². The molecule has 0 saturated heterocycles. The van der Waals surface area contributed by atoms with E-state index in [0.29, 0.717) is 5.56 Å². The van der Waals surface area contributed by atoms with Gasteiger partial charge in [-0.2, -0.15) is 14.0 Å². The van der Waals surface area contributed by atoms with Crippen LogP contribution < -0.4 is 9.47 Å². The summed E-state index contributed by atoms with van der Waals surface area (Å²) in [5.74, 6) is -3.09. The van der Waals surface area contributed by atoms with Crippen molar-refractivity contribution in [2.75, 3.05) is 6.61 Å². The summed E-state index contributed by atoms with van der Waals surface area (Å²) in [6, 6.07) is 13.4. The van der Waals surface area contributed by atoms with Crippen LogP contribution in [0.3, 0.4) is 0 Å². The van der Waals surface area contributed by atoms with Crippen molar-refractivity contribution in [1.29, 1.82) is 5.26 Å². The standard InChI is InChI=1S/C23H14ClF4NO3/c24-20-15(25)8-17-14(9-23(11-30,32-17)13-4-2-1-3-5-13)19(20)18-12(10-29)6-7-16(21(18)26)31-22(27)28/h1-8,22,30H,9,11H2/t23-/m1/s1. The van der Waals surface area contributed by atoms with Gasteiger partial charge >= 0.3 is 6.61 Å². The maximum Gasteiger partial charge on any atom is 0.387 e. The van der Waals surface area contributed by atoms with Crippen LogP contribution in [0.15, 0.2) is 48.5 Å². The first kappa shape index (κ1) is 21.9. The van der Waals surface area contributed by atoms with Gasteiger partial charge in [-0.15, -0.1) is 0 Å². The van der Waals surface area contributed by atoms with Crippen molar-refractivity contribution < 1.29 is 32.1 Å². The van der Waals surface area contributed by atoms with E-state index in [9.17, 15) is 23.5 Å². The van der Waals surface area contributed by atoms with Crippen molar-refractivity contribution in [2.45, 2.75) is 18.6 Å². The molecule has 0 amide bonds. The van der Waals surface area contributed by atoms with Crippen LogP contribution >= 0.6 is 11.6 Å². The Kier molecular flexibility index (Phi) is 5.71. The monoisotopic (exact) mass is 463 g/mol. The number of rotatable bonds is 5. The van der Waals surface area contributed by atoms with E-state index in [1.54, 1.807) is 36.4 Å². The summed E-state index contributed by atoms with van der Waals surface area (Å²) < 4.78 is 65.6. The summed E-state index contributed by atoms with van der Waals surface area (Å²) in [4.78, 5) is 0. The van der Waals surface area contributed by atoms with Crippen molar-refractivity contribution in [3.63, 3.8) is 0 Å². The summed E-state index contributed by atoms with van der Waals surface area (Å²) in [5.41, 5.74) is -1.48. The smallest absolute Gasteiger partial charge is 0.387 e. The average Bonchev–Trinajstić information content (AvgIpc) is 3.16. The van der Waals surface area contributed by atoms with E-state index in [4.69, 9.17) is 16.3 Å². The van der Waals surface area contributed by atoms with E-state index >= 15 is 4.39 Å². The third-order valence-electron chi connectivity index (χ3n) is 5.30. The van der Waals surface area contributed by atoms with E-state index in [-0.39, 0.29) is 28.9 Å². The normalized spacial score (nSPS) is 17.1. The number of nitrogens with zero attached hydrogens (tertiary/aromatic N) is 1. The Morgan fingerprint density at radius 1 is 1.16 bits per heavy atom. The molecule has 4 nitrogen and oxygen atoms in total. The topological polar surface area (TPSA) is 62.5 Å². The first-order chi connectivity index (χ1) is 15.3. The van der Waals surface area contributed by atoms with Gasteiger partial charge in [-0.3, -0.25) is 0 Å². The molecule has 0 fully saturated rings. The Bertz CT molecular complexity index is 1230. The Morgan fingerprint density at radius 3 is 2.50 bits per heavy atom. The predicted molar refractivity (Wildman–Crippen MR) is 108 cm³/mol. The fourth-order valence-electron chi connectivity index (χ4n) is 3.86. The minimum absolute atomic E-state index is 0.0109. The Morgan fingerprint density at radius 2 is 1.88 bits per heavy atom. The zero-order valence-electron chi connectivity index (χ0n) is 16.2. The van der Waals surface area contributed by atoms with Crippen LogP contribution in [-0.4, -0.2) is 18.3 Å². The summed E-state index contributed by atoms with van der Waals surface area (Å²) in [5, 5.41) is 19.1. The molecule has 1 atom stereocenters. The zero-order valence-corrected chi connectivity index (χ0v) is 17.0. The van der Waals surface area contributed by atoms with E-state index in [1.807, 2.05) is 0 Å². The van der Waals surface area contributed by atoms with Crippen molar-refractivity contribution in [2.24, 2.45) is 0 Å². The molecule has 4 rings (SSSR count). The number of halogens is 5. The molecular weight excluding hydrogens is 450 g/mol. The van der Waals surface area contributed by atoms with Gasteiger partial charge < -0.3 is 14.6 Å². The first-order valence-corrected chi connectivity index (χ1v) is 9.73. The molecule has 1 N–H and O–H groups in total. The number of nitriles is 1. The molecule has 1 heterocycles. The highest BCUT2D eigenvalue weighted by molar-refractivity contribution is 6.34. The number of fused-ring (bicyclic) bond motifs is 1. The van der Waals surface area contributed by atoms with Crippen molar-refractivity contribution in [1.82, 2.24) is 0 Å². The van der Waals surface area contributed by atoms with Gasteiger partial charge in [0, 0.05) is 29.2 Å². The lowest BCUT2D eigenvalue weighted by atomic mass is 9.86. The summed E-state index contributed by atoms with van der Waals surface area (Å²) in [7, 11) is 0. The quantitative estimate of drug-likeness (QED) is 0.502.